The van der Waals surface area contributed by atoms with Gasteiger partial charge in [-0.2, -0.15) is 0 Å². The van der Waals surface area contributed by atoms with Gasteiger partial charge in [-0.05, 0) is 30.7 Å². The van der Waals surface area contributed by atoms with Crippen molar-refractivity contribution in [2.24, 2.45) is 0 Å². The van der Waals surface area contributed by atoms with E-state index in [9.17, 15) is 19.1 Å². The Morgan fingerprint density at radius 1 is 1.03 bits per heavy atom. The molecule has 0 aliphatic carbocycles. The summed E-state index contributed by atoms with van der Waals surface area (Å²) >= 11 is 1.12. The number of hydrogen-bond donors (Lipinski definition) is 1. The lowest BCUT2D eigenvalue weighted by molar-refractivity contribution is -0.132. The summed E-state index contributed by atoms with van der Waals surface area (Å²) in [5.41, 5.74) is 2.63. The van der Waals surface area contributed by atoms with E-state index < -0.39 is 23.5 Å². The minimum Gasteiger partial charge on any atom is -0.507 e. The van der Waals surface area contributed by atoms with Crippen molar-refractivity contribution in [3.8, 4) is 0 Å². The standard InChI is InChI=1S/C25H17FN2O3S/c1-14-7-9-16(10-8-14)22(29)20-21(15-5-3-2-4-6-15)28(24(31)23(20)30)25-27-18-12-11-17(26)13-19(18)32-25/h2-13,21,29H,1H3/b22-20+/t21-/m1/s1. The highest BCUT2D eigenvalue weighted by Crippen LogP contribution is 2.44. The number of aliphatic hydroxyl groups is 1. The number of carbonyl (C=O) groups is 2. The summed E-state index contributed by atoms with van der Waals surface area (Å²) in [6.45, 7) is 1.92. The lowest BCUT2D eigenvalue weighted by Crippen LogP contribution is -2.29. The summed E-state index contributed by atoms with van der Waals surface area (Å²) in [7, 11) is 0. The minimum atomic E-state index is -0.858. The number of aryl methyl sites for hydroxylation is 1. The van der Waals surface area contributed by atoms with Crippen LogP contribution < -0.4 is 4.90 Å². The average molecular weight is 444 g/mol. The molecule has 1 saturated heterocycles. The van der Waals surface area contributed by atoms with Crippen LogP contribution in [0.25, 0.3) is 16.0 Å². The molecule has 1 aliphatic heterocycles. The van der Waals surface area contributed by atoms with Crippen LogP contribution in [-0.2, 0) is 9.59 Å². The fourth-order valence-corrected chi connectivity index (χ4v) is 4.85. The molecular formula is C25H17FN2O3S. The van der Waals surface area contributed by atoms with Gasteiger partial charge >= 0.3 is 5.91 Å². The summed E-state index contributed by atoms with van der Waals surface area (Å²) in [5.74, 6) is -2.23. The molecule has 3 aromatic carbocycles. The van der Waals surface area contributed by atoms with E-state index in [1.807, 2.05) is 25.1 Å². The van der Waals surface area contributed by atoms with E-state index in [4.69, 9.17) is 0 Å². The molecule has 32 heavy (non-hydrogen) atoms. The molecule has 1 fully saturated rings. The van der Waals surface area contributed by atoms with Gasteiger partial charge in [0.25, 0.3) is 5.78 Å². The molecular weight excluding hydrogens is 427 g/mol. The molecule has 0 spiro atoms. The highest BCUT2D eigenvalue weighted by Gasteiger charge is 2.48. The number of anilines is 1. The van der Waals surface area contributed by atoms with E-state index in [2.05, 4.69) is 4.98 Å². The fraction of sp³-hybridized carbons (Fsp3) is 0.0800. The lowest BCUT2D eigenvalue weighted by Gasteiger charge is -2.22. The Labute approximate surface area is 187 Å². The molecule has 0 radical (unpaired) electrons. The number of aromatic nitrogens is 1. The molecule has 0 unspecified atom stereocenters. The predicted molar refractivity (Wildman–Crippen MR) is 122 cm³/mol. The van der Waals surface area contributed by atoms with Crippen LogP contribution in [0.1, 0.15) is 22.7 Å². The lowest BCUT2D eigenvalue weighted by atomic mass is 9.95. The maximum atomic E-state index is 13.7. The molecule has 7 heteroatoms. The second-order valence-corrected chi connectivity index (χ2v) is 8.56. The van der Waals surface area contributed by atoms with Gasteiger partial charge in [0.2, 0.25) is 0 Å². The number of hydrogen-bond acceptors (Lipinski definition) is 5. The Balaban J connectivity index is 1.72. The Morgan fingerprint density at radius 2 is 1.75 bits per heavy atom. The number of halogens is 1. The molecule has 158 valence electrons. The predicted octanol–water partition coefficient (Wildman–Crippen LogP) is 5.37. The van der Waals surface area contributed by atoms with Gasteiger partial charge in [-0.3, -0.25) is 14.5 Å². The molecule has 1 atom stereocenters. The first-order valence-electron chi connectivity index (χ1n) is 9.93. The maximum absolute atomic E-state index is 13.7. The molecule has 5 rings (SSSR count). The van der Waals surface area contributed by atoms with E-state index in [0.717, 1.165) is 16.9 Å². The number of nitrogens with zero attached hydrogens (tertiary/aromatic N) is 2. The van der Waals surface area contributed by atoms with Crippen LogP contribution in [0, 0.1) is 12.7 Å². The van der Waals surface area contributed by atoms with E-state index in [0.29, 0.717) is 21.3 Å². The summed E-state index contributed by atoms with van der Waals surface area (Å²) in [4.78, 5) is 32.1. The van der Waals surface area contributed by atoms with Crippen LogP contribution in [0.5, 0.6) is 0 Å². The second-order valence-electron chi connectivity index (χ2n) is 7.55. The van der Waals surface area contributed by atoms with Gasteiger partial charge in [-0.1, -0.05) is 71.5 Å². The number of fused-ring (bicyclic) bond motifs is 1. The average Bonchev–Trinajstić information content (AvgIpc) is 3.32. The van der Waals surface area contributed by atoms with Gasteiger partial charge in [0.15, 0.2) is 5.13 Å². The van der Waals surface area contributed by atoms with Crippen molar-refractivity contribution < 1.29 is 19.1 Å². The number of aliphatic hydroxyl groups excluding tert-OH is 1. The Bertz CT molecular complexity index is 1390. The first-order chi connectivity index (χ1) is 15.4. The van der Waals surface area contributed by atoms with Crippen LogP contribution in [0.2, 0.25) is 0 Å². The maximum Gasteiger partial charge on any atom is 0.301 e. The third-order valence-electron chi connectivity index (χ3n) is 5.43. The van der Waals surface area contributed by atoms with Gasteiger partial charge in [0.05, 0.1) is 21.8 Å². The second kappa shape index (κ2) is 7.69. The zero-order valence-corrected chi connectivity index (χ0v) is 17.8. The van der Waals surface area contributed by atoms with Crippen LogP contribution in [0.4, 0.5) is 9.52 Å². The van der Waals surface area contributed by atoms with E-state index in [1.165, 1.54) is 23.1 Å². The van der Waals surface area contributed by atoms with Crippen LogP contribution >= 0.6 is 11.3 Å². The Kier molecular flexibility index (Phi) is 4.83. The molecule has 2 heterocycles. The quantitative estimate of drug-likeness (QED) is 0.262. The van der Waals surface area contributed by atoms with Gasteiger partial charge < -0.3 is 5.11 Å². The molecule has 4 aromatic rings. The number of carbonyl (C=O) groups excluding carboxylic acids is 2. The number of rotatable bonds is 3. The van der Waals surface area contributed by atoms with Crippen molar-refractivity contribution >= 4 is 44.1 Å². The molecule has 5 nitrogen and oxygen atoms in total. The molecule has 1 N–H and O–H groups in total. The van der Waals surface area contributed by atoms with Crippen LogP contribution in [0.15, 0.2) is 78.4 Å². The third-order valence-corrected chi connectivity index (χ3v) is 6.45. The Hall–Kier alpha value is -3.84. The first-order valence-corrected chi connectivity index (χ1v) is 10.7. The van der Waals surface area contributed by atoms with Crippen molar-refractivity contribution in [1.82, 2.24) is 4.98 Å². The monoisotopic (exact) mass is 444 g/mol. The summed E-state index contributed by atoms with van der Waals surface area (Å²) < 4.78 is 14.3. The number of ketones is 1. The highest BCUT2D eigenvalue weighted by atomic mass is 32.1. The van der Waals surface area contributed by atoms with Gasteiger partial charge in [-0.15, -0.1) is 0 Å². The van der Waals surface area contributed by atoms with E-state index >= 15 is 0 Å². The summed E-state index contributed by atoms with van der Waals surface area (Å²) in [5, 5.41) is 11.4. The molecule has 1 amide bonds. The number of benzene rings is 3. The molecule has 1 aromatic heterocycles. The van der Waals surface area contributed by atoms with Gasteiger partial charge in [0, 0.05) is 5.56 Å². The van der Waals surface area contributed by atoms with Crippen LogP contribution in [-0.4, -0.2) is 21.8 Å². The third kappa shape index (κ3) is 3.27. The highest BCUT2D eigenvalue weighted by molar-refractivity contribution is 7.22. The number of thiazole rings is 1. The van der Waals surface area contributed by atoms with E-state index in [1.54, 1.807) is 36.4 Å². The fourth-order valence-electron chi connectivity index (χ4n) is 3.84. The first kappa shape index (κ1) is 20.1. The smallest absolute Gasteiger partial charge is 0.301 e. The van der Waals surface area contributed by atoms with Crippen molar-refractivity contribution in [1.29, 1.82) is 0 Å². The summed E-state index contributed by atoms with van der Waals surface area (Å²) in [6.07, 6.45) is 0. The zero-order valence-electron chi connectivity index (χ0n) is 16.9. The largest absolute Gasteiger partial charge is 0.507 e. The van der Waals surface area contributed by atoms with Crippen molar-refractivity contribution in [3.05, 3.63) is 101 Å². The molecule has 0 saturated carbocycles. The normalized spacial score (nSPS) is 17.9. The minimum absolute atomic E-state index is 0.00418. The van der Waals surface area contributed by atoms with Gasteiger partial charge in [-0.25, -0.2) is 9.37 Å². The van der Waals surface area contributed by atoms with Crippen LogP contribution in [0.3, 0.4) is 0 Å². The number of Topliss-reactive ketones (excluding diaryl/α,β-unsaturated/α-hetero) is 1. The summed E-state index contributed by atoms with van der Waals surface area (Å²) in [6, 6.07) is 19.4. The number of amides is 1. The Morgan fingerprint density at radius 3 is 2.47 bits per heavy atom. The zero-order chi connectivity index (χ0) is 22.4. The van der Waals surface area contributed by atoms with Crippen molar-refractivity contribution in [2.75, 3.05) is 4.90 Å². The molecule has 0 bridgehead atoms. The molecule has 1 aliphatic rings. The SMILES string of the molecule is Cc1ccc(/C(O)=C2\C(=O)C(=O)N(c3nc4ccc(F)cc4s3)[C@@H]2c2ccccc2)cc1. The topological polar surface area (TPSA) is 70.5 Å². The van der Waals surface area contributed by atoms with E-state index in [-0.39, 0.29) is 16.5 Å². The van der Waals surface area contributed by atoms with Crippen molar-refractivity contribution in [2.45, 2.75) is 13.0 Å². The van der Waals surface area contributed by atoms with Crippen molar-refractivity contribution in [3.63, 3.8) is 0 Å². The van der Waals surface area contributed by atoms with Gasteiger partial charge in [0.1, 0.15) is 11.6 Å².